The van der Waals surface area contributed by atoms with Crippen molar-refractivity contribution in [1.29, 1.82) is 0 Å². The molecule has 0 saturated heterocycles. The van der Waals surface area contributed by atoms with E-state index in [4.69, 9.17) is 0 Å². The van der Waals surface area contributed by atoms with Crippen molar-refractivity contribution in [2.24, 2.45) is 5.41 Å². The van der Waals surface area contributed by atoms with E-state index in [0.717, 1.165) is 0 Å². The van der Waals surface area contributed by atoms with Gasteiger partial charge in [0.05, 0.1) is 5.41 Å². The molecule has 0 aromatic carbocycles. The van der Waals surface area contributed by atoms with Crippen LogP contribution in [0.4, 0.5) is 0 Å². The van der Waals surface area contributed by atoms with Crippen LogP contribution in [0.1, 0.15) is 39.1 Å². The Kier molecular flexibility index (Phi) is 3.56. The second kappa shape index (κ2) is 4.44. The van der Waals surface area contributed by atoms with Gasteiger partial charge in [-0.2, -0.15) is 0 Å². The molecule has 0 saturated carbocycles. The minimum atomic E-state index is -0.891. The molecule has 96 valence electrons. The van der Waals surface area contributed by atoms with E-state index in [0.29, 0.717) is 17.9 Å². The van der Waals surface area contributed by atoms with Crippen LogP contribution in [-0.2, 0) is 11.3 Å². The average Bonchev–Trinajstić information content (AvgIpc) is 2.60. The number of aliphatic carboxylic acids is 1. The second-order valence-corrected chi connectivity index (χ2v) is 5.21. The zero-order valence-corrected chi connectivity index (χ0v) is 10.9. The molecule has 1 heterocycles. The summed E-state index contributed by atoms with van der Waals surface area (Å²) in [4.78, 5) is 11.2. The van der Waals surface area contributed by atoms with E-state index in [1.165, 1.54) is 0 Å². The molecule has 2 N–H and O–H groups in total. The van der Waals surface area contributed by atoms with Crippen molar-refractivity contribution < 1.29 is 14.5 Å². The Balaban J connectivity index is 2.74. The van der Waals surface area contributed by atoms with E-state index in [-0.39, 0.29) is 0 Å². The summed E-state index contributed by atoms with van der Waals surface area (Å²) >= 11 is 0. The Hall–Kier alpha value is -1.43. The Labute approximate surface area is 100 Å². The molecule has 0 aliphatic heterocycles. The molecule has 17 heavy (non-hydrogen) atoms. The third-order valence-corrected chi connectivity index (χ3v) is 3.54. The van der Waals surface area contributed by atoms with Gasteiger partial charge in [0, 0.05) is 12.1 Å². The second-order valence-electron chi connectivity index (χ2n) is 5.21. The maximum absolute atomic E-state index is 11.2. The van der Waals surface area contributed by atoms with Gasteiger partial charge in [0.25, 0.3) is 0 Å². The molecule has 1 rings (SSSR count). The topological polar surface area (TPSA) is 88.3 Å². The summed E-state index contributed by atoms with van der Waals surface area (Å²) in [6.45, 7) is 9.31. The van der Waals surface area contributed by atoms with E-state index in [1.54, 1.807) is 20.8 Å². The summed E-state index contributed by atoms with van der Waals surface area (Å²) in [6.07, 6.45) is 0. The Morgan fingerprint density at radius 1 is 1.35 bits per heavy atom. The van der Waals surface area contributed by atoms with Gasteiger partial charge in [-0.15, -0.1) is 0 Å². The van der Waals surface area contributed by atoms with Crippen molar-refractivity contribution in [2.75, 3.05) is 0 Å². The van der Waals surface area contributed by atoms with E-state index >= 15 is 0 Å². The fourth-order valence-corrected chi connectivity index (χ4v) is 1.20. The number of hydrogen-bond acceptors (Lipinski definition) is 5. The lowest BCUT2D eigenvalue weighted by Crippen LogP contribution is -2.54. The number of aryl methyl sites for hydroxylation is 1. The molecule has 0 aliphatic carbocycles. The minimum absolute atomic E-state index is 0.430. The molecule has 6 heteroatoms. The van der Waals surface area contributed by atoms with Crippen LogP contribution < -0.4 is 5.32 Å². The molecule has 1 aromatic heterocycles. The number of carbonyl (C=O) groups is 1. The van der Waals surface area contributed by atoms with Crippen molar-refractivity contribution in [3.8, 4) is 0 Å². The highest BCUT2D eigenvalue weighted by molar-refractivity contribution is 5.75. The molecular weight excluding hydrogens is 222 g/mol. The first-order valence-corrected chi connectivity index (χ1v) is 5.45. The highest BCUT2D eigenvalue weighted by Crippen LogP contribution is 2.30. The van der Waals surface area contributed by atoms with Crippen LogP contribution in [0.15, 0.2) is 4.63 Å². The maximum atomic E-state index is 11.2. The number of rotatable bonds is 5. The van der Waals surface area contributed by atoms with Crippen molar-refractivity contribution >= 4 is 5.97 Å². The molecule has 0 fully saturated rings. The Morgan fingerprint density at radius 3 is 2.35 bits per heavy atom. The minimum Gasteiger partial charge on any atom is -0.481 e. The Morgan fingerprint density at radius 2 is 1.94 bits per heavy atom. The lowest BCUT2D eigenvalue weighted by Gasteiger charge is -2.38. The third-order valence-electron chi connectivity index (χ3n) is 3.54. The molecule has 1 aromatic rings. The van der Waals surface area contributed by atoms with Gasteiger partial charge in [0.2, 0.25) is 0 Å². The number of carboxylic acid groups (broad SMARTS) is 1. The van der Waals surface area contributed by atoms with Gasteiger partial charge in [0.1, 0.15) is 11.4 Å². The zero-order chi connectivity index (χ0) is 13.3. The van der Waals surface area contributed by atoms with Gasteiger partial charge in [-0.25, -0.2) is 4.63 Å². The fourth-order valence-electron chi connectivity index (χ4n) is 1.20. The highest BCUT2D eigenvalue weighted by Gasteiger charge is 2.43. The number of aromatic nitrogens is 2. The van der Waals surface area contributed by atoms with Crippen molar-refractivity contribution in [3.63, 3.8) is 0 Å². The van der Waals surface area contributed by atoms with Gasteiger partial charge in [0.15, 0.2) is 0 Å². The molecular formula is C11H19N3O3. The zero-order valence-electron chi connectivity index (χ0n) is 10.9. The highest BCUT2D eigenvalue weighted by atomic mass is 16.6. The molecule has 0 bridgehead atoms. The van der Waals surface area contributed by atoms with Crippen LogP contribution >= 0.6 is 0 Å². The number of hydrogen-bond donors (Lipinski definition) is 2. The Bertz CT molecular complexity index is 410. The van der Waals surface area contributed by atoms with Gasteiger partial charge < -0.3 is 10.4 Å². The normalized spacial score (nSPS) is 12.8. The van der Waals surface area contributed by atoms with Gasteiger partial charge in [-0.1, -0.05) is 10.3 Å². The molecule has 0 radical (unpaired) electrons. The summed E-state index contributed by atoms with van der Waals surface area (Å²) in [5, 5.41) is 19.8. The van der Waals surface area contributed by atoms with E-state index in [9.17, 15) is 9.90 Å². The summed E-state index contributed by atoms with van der Waals surface area (Å²) < 4.78 is 4.59. The van der Waals surface area contributed by atoms with Crippen molar-refractivity contribution in [3.05, 3.63) is 11.4 Å². The average molecular weight is 241 g/mol. The molecule has 0 spiro atoms. The van der Waals surface area contributed by atoms with Crippen molar-refractivity contribution in [1.82, 2.24) is 15.6 Å². The van der Waals surface area contributed by atoms with E-state index in [1.807, 2.05) is 13.8 Å². The van der Waals surface area contributed by atoms with Crippen LogP contribution in [0.25, 0.3) is 0 Å². The van der Waals surface area contributed by atoms with Gasteiger partial charge >= 0.3 is 5.97 Å². The SMILES string of the molecule is Cc1nonc1CNC(C)(C)C(C)(C)C(=O)O. The first kappa shape index (κ1) is 13.6. The van der Waals surface area contributed by atoms with Crippen LogP contribution in [0, 0.1) is 12.3 Å². The maximum Gasteiger partial charge on any atom is 0.310 e. The van der Waals surface area contributed by atoms with E-state index < -0.39 is 16.9 Å². The predicted octanol–water partition coefficient (Wildman–Crippen LogP) is 1.36. The molecule has 0 aliphatic rings. The number of carboxylic acids is 1. The molecule has 0 unspecified atom stereocenters. The lowest BCUT2D eigenvalue weighted by atomic mass is 9.74. The number of nitrogens with zero attached hydrogens (tertiary/aromatic N) is 2. The van der Waals surface area contributed by atoms with Crippen LogP contribution in [0.3, 0.4) is 0 Å². The summed E-state index contributed by atoms with van der Waals surface area (Å²) in [6, 6.07) is 0. The number of nitrogens with one attached hydrogen (secondary N) is 1. The standard InChI is InChI=1S/C11H19N3O3/c1-7-8(14-17-13-7)6-12-11(4,5)10(2,3)9(15)16/h12H,6H2,1-5H3,(H,15,16). The lowest BCUT2D eigenvalue weighted by molar-refractivity contribution is -0.151. The first-order valence-electron chi connectivity index (χ1n) is 5.45. The largest absolute Gasteiger partial charge is 0.481 e. The van der Waals surface area contributed by atoms with E-state index in [2.05, 4.69) is 20.3 Å². The first-order chi connectivity index (χ1) is 7.68. The smallest absolute Gasteiger partial charge is 0.310 e. The van der Waals surface area contributed by atoms with Crippen LogP contribution in [0.2, 0.25) is 0 Å². The quantitative estimate of drug-likeness (QED) is 0.809. The third kappa shape index (κ3) is 2.63. The van der Waals surface area contributed by atoms with Crippen molar-refractivity contribution in [2.45, 2.75) is 46.7 Å². The summed E-state index contributed by atoms with van der Waals surface area (Å²) in [5.74, 6) is -0.843. The molecule has 6 nitrogen and oxygen atoms in total. The predicted molar refractivity (Wildman–Crippen MR) is 61.4 cm³/mol. The van der Waals surface area contributed by atoms with Crippen LogP contribution in [0.5, 0.6) is 0 Å². The fraction of sp³-hybridized carbons (Fsp3) is 0.727. The summed E-state index contributed by atoms with van der Waals surface area (Å²) in [5.41, 5.74) is -0.0665. The summed E-state index contributed by atoms with van der Waals surface area (Å²) in [7, 11) is 0. The molecule has 0 atom stereocenters. The van der Waals surface area contributed by atoms with Crippen LogP contribution in [-0.4, -0.2) is 26.9 Å². The monoisotopic (exact) mass is 241 g/mol. The van der Waals surface area contributed by atoms with Gasteiger partial charge in [-0.3, -0.25) is 4.79 Å². The van der Waals surface area contributed by atoms with Gasteiger partial charge in [-0.05, 0) is 34.6 Å². The molecule has 0 amide bonds.